The molecule has 0 aromatic heterocycles. The van der Waals surface area contributed by atoms with Gasteiger partial charge in [-0.3, -0.25) is 19.2 Å². The van der Waals surface area contributed by atoms with E-state index < -0.39 is 48.0 Å². The van der Waals surface area contributed by atoms with E-state index >= 15 is 0 Å². The van der Waals surface area contributed by atoms with Gasteiger partial charge in [0.25, 0.3) is 0 Å². The number of hydrogen-bond donors (Lipinski definition) is 4. The van der Waals surface area contributed by atoms with Crippen LogP contribution in [0.3, 0.4) is 0 Å². The molecule has 6 unspecified atom stereocenters. The quantitative estimate of drug-likeness (QED) is 0.0915. The zero-order chi connectivity index (χ0) is 41.0. The first-order valence-electron chi connectivity index (χ1n) is 20.2. The van der Waals surface area contributed by atoms with Crippen molar-refractivity contribution in [1.29, 1.82) is 0 Å². The molecule has 0 aromatic rings. The highest BCUT2D eigenvalue weighted by Gasteiger charge is 2.55. The molecule has 6 atom stereocenters. The third kappa shape index (κ3) is 14.5. The van der Waals surface area contributed by atoms with Crippen molar-refractivity contribution in [2.45, 2.75) is 91.9 Å². The highest BCUT2D eigenvalue weighted by Crippen LogP contribution is 2.63. The second-order valence-electron chi connectivity index (χ2n) is 14.3. The SMILES string of the molecule is CCOC(=O)CCNC(=O)N(CCC1CC2C3CC(CCN(C(=O)NCCC(=O)OCC)C(=O)NCCC(=O)OCC)C(C3)C2C1)C(=O)NCCC(=O)OCC. The van der Waals surface area contributed by atoms with Crippen LogP contribution >= 0.6 is 0 Å². The van der Waals surface area contributed by atoms with Gasteiger partial charge in [0.2, 0.25) is 0 Å². The van der Waals surface area contributed by atoms with Crippen LogP contribution in [0.4, 0.5) is 19.2 Å². The lowest BCUT2D eigenvalue weighted by Crippen LogP contribution is -2.50. The van der Waals surface area contributed by atoms with Crippen LogP contribution in [0.25, 0.3) is 0 Å². The predicted molar refractivity (Wildman–Crippen MR) is 201 cm³/mol. The molecule has 3 fully saturated rings. The van der Waals surface area contributed by atoms with Gasteiger partial charge in [0.1, 0.15) is 0 Å². The molecule has 0 saturated heterocycles. The van der Waals surface area contributed by atoms with E-state index in [0.717, 1.165) is 35.5 Å². The van der Waals surface area contributed by atoms with Gasteiger partial charge in [-0.25, -0.2) is 29.0 Å². The Morgan fingerprint density at radius 3 is 1.20 bits per heavy atom. The molecule has 18 heteroatoms. The number of carbonyl (C=O) groups is 8. The van der Waals surface area contributed by atoms with Crippen LogP contribution < -0.4 is 21.3 Å². The number of amides is 8. The maximum atomic E-state index is 13.2. The smallest absolute Gasteiger partial charge is 0.325 e. The highest BCUT2D eigenvalue weighted by molar-refractivity contribution is 5.94. The summed E-state index contributed by atoms with van der Waals surface area (Å²) in [7, 11) is 0. The number of esters is 4. The summed E-state index contributed by atoms with van der Waals surface area (Å²) in [6.45, 7) is 7.99. The topological polar surface area (TPSA) is 228 Å². The molecule has 3 aliphatic rings. The Kier molecular flexibility index (Phi) is 19.7. The lowest BCUT2D eigenvalue weighted by atomic mass is 9.74. The molecular weight excluding hydrogens is 732 g/mol. The van der Waals surface area contributed by atoms with Crippen molar-refractivity contribution in [1.82, 2.24) is 31.1 Å². The third-order valence-corrected chi connectivity index (χ3v) is 10.8. The summed E-state index contributed by atoms with van der Waals surface area (Å²) >= 11 is 0. The molecule has 3 saturated carbocycles. The van der Waals surface area contributed by atoms with Crippen molar-refractivity contribution in [2.75, 3.05) is 65.7 Å². The second kappa shape index (κ2) is 24.1. The van der Waals surface area contributed by atoms with Gasteiger partial charge < -0.3 is 40.2 Å². The van der Waals surface area contributed by atoms with Crippen LogP contribution in [0.2, 0.25) is 0 Å². The van der Waals surface area contributed by atoms with Gasteiger partial charge in [-0.2, -0.15) is 0 Å². The summed E-state index contributed by atoms with van der Waals surface area (Å²) in [5.41, 5.74) is 0. The van der Waals surface area contributed by atoms with E-state index in [9.17, 15) is 38.4 Å². The van der Waals surface area contributed by atoms with Crippen LogP contribution in [-0.4, -0.2) is 123 Å². The maximum absolute atomic E-state index is 13.2. The number of fused-ring (bicyclic) bond motifs is 5. The highest BCUT2D eigenvalue weighted by atomic mass is 16.5. The molecule has 18 nitrogen and oxygen atoms in total. The molecule has 4 N–H and O–H groups in total. The second-order valence-corrected chi connectivity index (χ2v) is 14.3. The molecule has 0 radical (unpaired) electrons. The molecule has 3 rings (SSSR count). The van der Waals surface area contributed by atoms with Crippen molar-refractivity contribution in [3.05, 3.63) is 0 Å². The molecule has 0 aliphatic heterocycles. The largest absolute Gasteiger partial charge is 0.466 e. The first-order valence-corrected chi connectivity index (χ1v) is 20.2. The number of nitrogens with one attached hydrogen (secondary N) is 4. The fourth-order valence-electron chi connectivity index (χ4n) is 8.49. The summed E-state index contributed by atoms with van der Waals surface area (Å²) < 4.78 is 19.7. The molecule has 56 heavy (non-hydrogen) atoms. The van der Waals surface area contributed by atoms with E-state index in [1.807, 2.05) is 0 Å². The van der Waals surface area contributed by atoms with Gasteiger partial charge in [0.15, 0.2) is 0 Å². The standard InChI is InChI=1S/C38H62N6O12/c1-5-53-31(45)9-15-39-35(49)43(36(50)40-16-10-32(46)54-6-2)19-13-25-21-28-27-23-26(29(24-27)30(28)22-25)14-20-44(37(51)41-17-11-33(47)55-7-3)38(52)42-18-12-34(48)56-8-4/h25-30H,5-24H2,1-4H3,(H,39,49)(H,40,50)(H,41,51)(H,42,52). The van der Waals surface area contributed by atoms with Crippen LogP contribution in [0, 0.1) is 35.5 Å². The summed E-state index contributed by atoms with van der Waals surface area (Å²) in [4.78, 5) is 102. The van der Waals surface area contributed by atoms with Crippen molar-refractivity contribution in [3.63, 3.8) is 0 Å². The lowest BCUT2D eigenvalue weighted by molar-refractivity contribution is -0.143. The van der Waals surface area contributed by atoms with Gasteiger partial charge in [-0.05, 0) is 102 Å². The molecule has 3 aliphatic carbocycles. The fourth-order valence-corrected chi connectivity index (χ4v) is 8.49. The molecule has 8 amide bonds. The number of ether oxygens (including phenoxy) is 4. The van der Waals surface area contributed by atoms with Crippen molar-refractivity contribution >= 4 is 48.0 Å². The van der Waals surface area contributed by atoms with E-state index in [2.05, 4.69) is 21.3 Å². The molecule has 2 bridgehead atoms. The molecule has 0 spiro atoms. The lowest BCUT2D eigenvalue weighted by Gasteiger charge is -2.32. The zero-order valence-electron chi connectivity index (χ0n) is 33.4. The first-order chi connectivity index (χ1) is 26.9. The van der Waals surface area contributed by atoms with Gasteiger partial charge >= 0.3 is 48.0 Å². The van der Waals surface area contributed by atoms with E-state index in [1.165, 1.54) is 0 Å². The minimum Gasteiger partial charge on any atom is -0.466 e. The third-order valence-electron chi connectivity index (χ3n) is 10.8. The Morgan fingerprint density at radius 2 is 0.821 bits per heavy atom. The number of nitrogens with zero attached hydrogens (tertiary/aromatic N) is 2. The average molecular weight is 795 g/mol. The number of rotatable bonds is 22. The van der Waals surface area contributed by atoms with E-state index in [4.69, 9.17) is 18.9 Å². The first kappa shape index (κ1) is 45.7. The van der Waals surface area contributed by atoms with E-state index in [0.29, 0.717) is 42.4 Å². The minimum absolute atomic E-state index is 0.00450. The van der Waals surface area contributed by atoms with Gasteiger partial charge in [-0.15, -0.1) is 0 Å². The Bertz CT molecular complexity index is 1290. The van der Waals surface area contributed by atoms with Crippen LogP contribution in [0.15, 0.2) is 0 Å². The number of hydrogen-bond acceptors (Lipinski definition) is 12. The Morgan fingerprint density at radius 1 is 0.464 bits per heavy atom. The minimum atomic E-state index is -0.638. The molecule has 316 valence electrons. The number of imide groups is 2. The Hall–Kier alpha value is -4.64. The van der Waals surface area contributed by atoms with Crippen LogP contribution in [0.1, 0.15) is 91.9 Å². The van der Waals surface area contributed by atoms with Crippen molar-refractivity contribution < 1.29 is 57.3 Å². The Balaban J connectivity index is 1.57. The zero-order valence-corrected chi connectivity index (χ0v) is 33.4. The average Bonchev–Trinajstić information content (AvgIpc) is 3.85. The summed E-state index contributed by atoms with van der Waals surface area (Å²) in [5.74, 6) is 0.668. The monoisotopic (exact) mass is 794 g/mol. The van der Waals surface area contributed by atoms with Crippen LogP contribution in [0.5, 0.6) is 0 Å². The van der Waals surface area contributed by atoms with Gasteiger partial charge in [0, 0.05) is 39.3 Å². The summed E-state index contributed by atoms with van der Waals surface area (Å²) in [6, 6.07) is -2.55. The summed E-state index contributed by atoms with van der Waals surface area (Å²) in [6.07, 6.45) is 5.06. The summed E-state index contributed by atoms with van der Waals surface area (Å²) in [5, 5.41) is 10.5. The molecular formula is C38H62N6O12. The number of carbonyl (C=O) groups excluding carboxylic acids is 8. The molecule has 0 aromatic carbocycles. The fraction of sp³-hybridized carbons (Fsp3) is 0.789. The normalized spacial score (nSPS) is 21.6. The van der Waals surface area contributed by atoms with Gasteiger partial charge in [-0.1, -0.05) is 0 Å². The van der Waals surface area contributed by atoms with E-state index in [-0.39, 0.29) is 97.3 Å². The Labute approximate surface area is 329 Å². The van der Waals surface area contributed by atoms with E-state index in [1.54, 1.807) is 27.7 Å². The maximum Gasteiger partial charge on any atom is 0.325 e. The van der Waals surface area contributed by atoms with Crippen LogP contribution in [-0.2, 0) is 38.1 Å². The predicted octanol–water partition coefficient (Wildman–Crippen LogP) is 3.32. The van der Waals surface area contributed by atoms with Crippen molar-refractivity contribution in [2.24, 2.45) is 35.5 Å². The number of urea groups is 4. The molecule has 0 heterocycles. The van der Waals surface area contributed by atoms with Gasteiger partial charge in [0.05, 0.1) is 52.1 Å². The van der Waals surface area contributed by atoms with Crippen molar-refractivity contribution in [3.8, 4) is 0 Å².